The van der Waals surface area contributed by atoms with Crippen molar-refractivity contribution < 1.29 is 4.74 Å². The SMILES string of the molecule is C[C@H](NCc1ccc(N2CCOCC2)cc1)c1nnc2n1CCCC2. The molecule has 6 heteroatoms. The number of hydrogen-bond acceptors (Lipinski definition) is 5. The van der Waals surface area contributed by atoms with Gasteiger partial charge in [-0.3, -0.25) is 0 Å². The molecule has 0 radical (unpaired) electrons. The van der Waals surface area contributed by atoms with Gasteiger partial charge < -0.3 is 19.5 Å². The van der Waals surface area contributed by atoms with Crippen molar-refractivity contribution in [2.45, 2.75) is 45.3 Å². The molecular weight excluding hydrogens is 314 g/mol. The number of aromatic nitrogens is 3. The number of rotatable bonds is 5. The topological polar surface area (TPSA) is 55.2 Å². The molecule has 134 valence electrons. The largest absolute Gasteiger partial charge is 0.378 e. The first kappa shape index (κ1) is 16.5. The molecule has 6 nitrogen and oxygen atoms in total. The van der Waals surface area contributed by atoms with E-state index in [0.29, 0.717) is 0 Å². The smallest absolute Gasteiger partial charge is 0.149 e. The van der Waals surface area contributed by atoms with Crippen LogP contribution in [0.25, 0.3) is 0 Å². The van der Waals surface area contributed by atoms with Gasteiger partial charge in [-0.15, -0.1) is 10.2 Å². The van der Waals surface area contributed by atoms with Crippen molar-refractivity contribution in [1.29, 1.82) is 0 Å². The maximum absolute atomic E-state index is 5.42. The molecule has 0 unspecified atom stereocenters. The summed E-state index contributed by atoms with van der Waals surface area (Å²) in [5, 5.41) is 12.4. The molecule has 0 saturated carbocycles. The summed E-state index contributed by atoms with van der Waals surface area (Å²) in [6.45, 7) is 7.67. The van der Waals surface area contributed by atoms with Crippen LogP contribution in [-0.4, -0.2) is 41.1 Å². The van der Waals surface area contributed by atoms with Gasteiger partial charge >= 0.3 is 0 Å². The summed E-state index contributed by atoms with van der Waals surface area (Å²) in [6.07, 6.45) is 3.52. The highest BCUT2D eigenvalue weighted by Gasteiger charge is 2.19. The van der Waals surface area contributed by atoms with Gasteiger partial charge in [-0.05, 0) is 37.5 Å². The van der Waals surface area contributed by atoms with Gasteiger partial charge in [0.1, 0.15) is 11.6 Å². The Bertz CT molecular complexity index is 690. The lowest BCUT2D eigenvalue weighted by molar-refractivity contribution is 0.122. The average Bonchev–Trinajstić information content (AvgIpc) is 3.11. The quantitative estimate of drug-likeness (QED) is 0.904. The highest BCUT2D eigenvalue weighted by molar-refractivity contribution is 5.47. The molecule has 1 atom stereocenters. The fourth-order valence-electron chi connectivity index (χ4n) is 3.66. The minimum absolute atomic E-state index is 0.207. The predicted octanol–water partition coefficient (Wildman–Crippen LogP) is 2.30. The van der Waals surface area contributed by atoms with Crippen molar-refractivity contribution in [3.05, 3.63) is 41.5 Å². The highest BCUT2D eigenvalue weighted by Crippen LogP contribution is 2.20. The number of benzene rings is 1. The van der Waals surface area contributed by atoms with Gasteiger partial charge in [-0.25, -0.2) is 0 Å². The Morgan fingerprint density at radius 1 is 1.08 bits per heavy atom. The number of ether oxygens (including phenoxy) is 1. The van der Waals surface area contributed by atoms with E-state index in [9.17, 15) is 0 Å². The third-order valence-electron chi connectivity index (χ3n) is 5.20. The van der Waals surface area contributed by atoms with Gasteiger partial charge in [0.15, 0.2) is 0 Å². The third kappa shape index (κ3) is 3.70. The van der Waals surface area contributed by atoms with Crippen molar-refractivity contribution in [3.8, 4) is 0 Å². The Balaban J connectivity index is 1.35. The molecule has 0 aliphatic carbocycles. The van der Waals surface area contributed by atoms with Gasteiger partial charge in [0.25, 0.3) is 0 Å². The highest BCUT2D eigenvalue weighted by atomic mass is 16.5. The van der Waals surface area contributed by atoms with Crippen LogP contribution in [0.15, 0.2) is 24.3 Å². The van der Waals surface area contributed by atoms with Crippen LogP contribution < -0.4 is 10.2 Å². The number of morpholine rings is 1. The van der Waals surface area contributed by atoms with Crippen LogP contribution in [0.1, 0.15) is 43.0 Å². The molecular formula is C19H27N5O. The van der Waals surface area contributed by atoms with Crippen molar-refractivity contribution in [3.63, 3.8) is 0 Å². The van der Waals surface area contributed by atoms with E-state index in [1.807, 2.05) is 0 Å². The standard InChI is InChI=1S/C19H27N5O/c1-15(19-22-21-18-4-2-3-9-24(18)19)20-14-16-5-7-17(8-6-16)23-10-12-25-13-11-23/h5-8,15,20H,2-4,9-14H2,1H3/t15-/m0/s1. The van der Waals surface area contributed by atoms with E-state index in [1.165, 1.54) is 24.1 Å². The van der Waals surface area contributed by atoms with Crippen molar-refractivity contribution in [1.82, 2.24) is 20.1 Å². The lowest BCUT2D eigenvalue weighted by atomic mass is 10.1. The first-order chi connectivity index (χ1) is 12.3. The van der Waals surface area contributed by atoms with Crippen LogP contribution in [0.5, 0.6) is 0 Å². The summed E-state index contributed by atoms with van der Waals surface area (Å²) < 4.78 is 7.71. The molecule has 4 rings (SSSR count). The van der Waals surface area contributed by atoms with Gasteiger partial charge in [0.05, 0.1) is 19.3 Å². The maximum atomic E-state index is 5.42. The third-order valence-corrected chi connectivity index (χ3v) is 5.20. The van der Waals surface area contributed by atoms with E-state index < -0.39 is 0 Å². The number of anilines is 1. The monoisotopic (exact) mass is 341 g/mol. The van der Waals surface area contributed by atoms with E-state index in [0.717, 1.165) is 57.5 Å². The first-order valence-corrected chi connectivity index (χ1v) is 9.38. The molecule has 25 heavy (non-hydrogen) atoms. The van der Waals surface area contributed by atoms with Crippen LogP contribution in [0.2, 0.25) is 0 Å². The molecule has 1 saturated heterocycles. The number of aryl methyl sites for hydroxylation is 1. The first-order valence-electron chi connectivity index (χ1n) is 9.38. The minimum Gasteiger partial charge on any atom is -0.378 e. The fourth-order valence-corrected chi connectivity index (χ4v) is 3.66. The van der Waals surface area contributed by atoms with E-state index in [-0.39, 0.29) is 6.04 Å². The molecule has 2 aliphatic heterocycles. The lowest BCUT2D eigenvalue weighted by Gasteiger charge is -2.29. The molecule has 2 aliphatic rings. The Hall–Kier alpha value is -1.92. The van der Waals surface area contributed by atoms with Crippen LogP contribution in [0.3, 0.4) is 0 Å². The molecule has 1 fully saturated rings. The van der Waals surface area contributed by atoms with Crippen LogP contribution >= 0.6 is 0 Å². The number of nitrogens with zero attached hydrogens (tertiary/aromatic N) is 4. The second-order valence-electron chi connectivity index (χ2n) is 6.95. The Morgan fingerprint density at radius 2 is 1.88 bits per heavy atom. The van der Waals surface area contributed by atoms with Gasteiger partial charge in [0.2, 0.25) is 0 Å². The zero-order valence-corrected chi connectivity index (χ0v) is 14.9. The number of fused-ring (bicyclic) bond motifs is 1. The molecule has 0 amide bonds. The molecule has 0 bridgehead atoms. The fraction of sp³-hybridized carbons (Fsp3) is 0.579. The molecule has 1 N–H and O–H groups in total. The molecule has 0 spiro atoms. The molecule has 1 aromatic carbocycles. The predicted molar refractivity (Wildman–Crippen MR) is 97.7 cm³/mol. The number of hydrogen-bond donors (Lipinski definition) is 1. The normalized spacial score (nSPS) is 18.8. The van der Waals surface area contributed by atoms with Gasteiger partial charge in [0, 0.05) is 38.3 Å². The van der Waals surface area contributed by atoms with Gasteiger partial charge in [-0.2, -0.15) is 0 Å². The van der Waals surface area contributed by atoms with Crippen LogP contribution in [0.4, 0.5) is 5.69 Å². The summed E-state index contributed by atoms with van der Waals surface area (Å²) in [5.74, 6) is 2.21. The summed E-state index contributed by atoms with van der Waals surface area (Å²) in [6, 6.07) is 9.06. The Labute approximate surface area is 149 Å². The lowest BCUT2D eigenvalue weighted by Crippen LogP contribution is -2.36. The van der Waals surface area contributed by atoms with E-state index in [4.69, 9.17) is 4.74 Å². The van der Waals surface area contributed by atoms with Gasteiger partial charge in [-0.1, -0.05) is 12.1 Å². The Morgan fingerprint density at radius 3 is 2.68 bits per heavy atom. The van der Waals surface area contributed by atoms with E-state index >= 15 is 0 Å². The summed E-state index contributed by atoms with van der Waals surface area (Å²) in [7, 11) is 0. The Kier molecular flexibility index (Phi) is 4.99. The second kappa shape index (κ2) is 7.54. The second-order valence-corrected chi connectivity index (χ2v) is 6.95. The summed E-state index contributed by atoms with van der Waals surface area (Å²) in [4.78, 5) is 2.38. The average molecular weight is 341 g/mol. The summed E-state index contributed by atoms with van der Waals surface area (Å²) >= 11 is 0. The molecule has 1 aromatic heterocycles. The van der Waals surface area contributed by atoms with Crippen molar-refractivity contribution in [2.75, 3.05) is 31.2 Å². The van der Waals surface area contributed by atoms with Crippen molar-refractivity contribution in [2.24, 2.45) is 0 Å². The zero-order valence-electron chi connectivity index (χ0n) is 14.9. The van der Waals surface area contributed by atoms with E-state index in [1.54, 1.807) is 0 Å². The maximum Gasteiger partial charge on any atom is 0.149 e. The van der Waals surface area contributed by atoms with Crippen LogP contribution in [-0.2, 0) is 24.2 Å². The summed E-state index contributed by atoms with van der Waals surface area (Å²) in [5.41, 5.74) is 2.58. The number of nitrogens with one attached hydrogen (secondary N) is 1. The van der Waals surface area contributed by atoms with Crippen LogP contribution in [0, 0.1) is 0 Å². The molecule has 2 aromatic rings. The zero-order chi connectivity index (χ0) is 17.1. The minimum atomic E-state index is 0.207. The van der Waals surface area contributed by atoms with E-state index in [2.05, 4.69) is 56.2 Å². The molecule has 3 heterocycles. The van der Waals surface area contributed by atoms with Crippen molar-refractivity contribution >= 4 is 5.69 Å².